The topological polar surface area (TPSA) is 95.1 Å². The van der Waals surface area contributed by atoms with Gasteiger partial charge in [0.25, 0.3) is 0 Å². The smallest absolute Gasteiger partial charge is 0.336 e. The van der Waals surface area contributed by atoms with Crippen LogP contribution in [0.4, 0.5) is 5.69 Å². The van der Waals surface area contributed by atoms with Crippen molar-refractivity contribution in [2.75, 3.05) is 18.4 Å². The predicted molar refractivity (Wildman–Crippen MR) is 145 cm³/mol. The molecule has 0 spiro atoms. The number of rotatable bonds is 7. The van der Waals surface area contributed by atoms with Crippen LogP contribution in [0.2, 0.25) is 0 Å². The van der Waals surface area contributed by atoms with Crippen LogP contribution in [0.3, 0.4) is 0 Å². The number of nitrogens with zero attached hydrogens (tertiary/aromatic N) is 1. The van der Waals surface area contributed by atoms with E-state index in [-0.39, 0.29) is 11.5 Å². The van der Waals surface area contributed by atoms with E-state index in [4.69, 9.17) is 4.42 Å². The van der Waals surface area contributed by atoms with Gasteiger partial charge in [-0.05, 0) is 80.1 Å². The van der Waals surface area contributed by atoms with E-state index >= 15 is 0 Å². The van der Waals surface area contributed by atoms with E-state index in [1.807, 2.05) is 71.9 Å². The van der Waals surface area contributed by atoms with Gasteiger partial charge in [0.15, 0.2) is 0 Å². The van der Waals surface area contributed by atoms with E-state index in [1.54, 1.807) is 12.1 Å². The minimum absolute atomic E-state index is 0.0156. The van der Waals surface area contributed by atoms with Crippen molar-refractivity contribution in [1.29, 1.82) is 0 Å². The first-order valence-electron chi connectivity index (χ1n) is 12.5. The summed E-state index contributed by atoms with van der Waals surface area (Å²) < 4.78 is 6.41. The molecule has 0 saturated carbocycles. The van der Waals surface area contributed by atoms with Gasteiger partial charge in [0, 0.05) is 47.4 Å². The highest BCUT2D eigenvalue weighted by atomic mass is 16.4. The van der Waals surface area contributed by atoms with Crippen LogP contribution < -0.4 is 10.7 Å². The zero-order valence-electron chi connectivity index (χ0n) is 21.8. The van der Waals surface area contributed by atoms with Gasteiger partial charge in [-0.1, -0.05) is 19.9 Å². The maximum Gasteiger partial charge on any atom is 0.336 e. The van der Waals surface area contributed by atoms with E-state index in [0.29, 0.717) is 29.0 Å². The minimum atomic E-state index is -1.02. The van der Waals surface area contributed by atoms with Crippen molar-refractivity contribution >= 4 is 22.6 Å². The lowest BCUT2D eigenvalue weighted by Gasteiger charge is -2.21. The van der Waals surface area contributed by atoms with Gasteiger partial charge < -0.3 is 19.9 Å². The number of fused-ring (bicyclic) bond motifs is 2. The molecule has 1 atom stereocenters. The van der Waals surface area contributed by atoms with Gasteiger partial charge in [-0.25, -0.2) is 4.79 Å². The van der Waals surface area contributed by atoms with E-state index in [0.717, 1.165) is 45.2 Å². The zero-order valence-corrected chi connectivity index (χ0v) is 21.8. The molecule has 36 heavy (non-hydrogen) atoms. The fraction of sp³-hybridized carbons (Fsp3) is 0.333. The van der Waals surface area contributed by atoms with Crippen LogP contribution in [-0.2, 0) is 0 Å². The Hall–Kier alpha value is -3.64. The molecule has 1 unspecified atom stereocenters. The summed E-state index contributed by atoms with van der Waals surface area (Å²) in [5.74, 6) is -0.404. The molecule has 2 aliphatic rings. The molecule has 0 bridgehead atoms. The molecule has 0 fully saturated rings. The highest BCUT2D eigenvalue weighted by Gasteiger charge is 2.24. The summed E-state index contributed by atoms with van der Waals surface area (Å²) in [5, 5.41) is 26.0. The maximum atomic E-state index is 12.4. The standard InChI is InChI=1S/C30H34N2O4/c1-7-31-24-14-26-22(11-17(24)5)28(23-12-18(6)25(32-8-2)15-27(23)36-26)21-13-19(29(33)16(3)4)9-10-20(21)30(34)35/h9-16,29,31,33H,7-8H2,1-6H3,(H,34,35)/b32-25-. The number of aliphatic hydroxyl groups is 1. The molecule has 0 amide bonds. The first kappa shape index (κ1) is 25.5. The van der Waals surface area contributed by atoms with Crippen molar-refractivity contribution in [2.24, 2.45) is 10.9 Å². The number of hydrogen-bond acceptors (Lipinski definition) is 5. The predicted octanol–water partition coefficient (Wildman–Crippen LogP) is 6.56. The van der Waals surface area contributed by atoms with Crippen LogP contribution in [0.15, 0.2) is 51.9 Å². The summed E-state index contributed by atoms with van der Waals surface area (Å²) in [7, 11) is 0. The molecule has 6 nitrogen and oxygen atoms in total. The van der Waals surface area contributed by atoms with E-state index in [9.17, 15) is 15.0 Å². The van der Waals surface area contributed by atoms with Crippen molar-refractivity contribution in [3.8, 4) is 22.5 Å². The Bertz CT molecular complexity index is 1480. The second-order valence-corrected chi connectivity index (χ2v) is 9.58. The molecule has 4 rings (SSSR count). The van der Waals surface area contributed by atoms with E-state index in [2.05, 4.69) is 10.3 Å². The van der Waals surface area contributed by atoms with Crippen LogP contribution in [0.5, 0.6) is 0 Å². The molecule has 0 aromatic heterocycles. The number of benzene rings is 3. The average Bonchev–Trinajstić information content (AvgIpc) is 2.83. The monoisotopic (exact) mass is 486 g/mol. The van der Waals surface area contributed by atoms with Crippen LogP contribution >= 0.6 is 0 Å². The Morgan fingerprint density at radius 3 is 2.42 bits per heavy atom. The normalized spacial score (nSPS) is 13.1. The number of aliphatic hydroxyl groups excluding tert-OH is 1. The summed E-state index contributed by atoms with van der Waals surface area (Å²) in [6, 6.07) is 13.1. The highest BCUT2D eigenvalue weighted by molar-refractivity contribution is 6.08. The largest absolute Gasteiger partial charge is 0.478 e. The quantitative estimate of drug-likeness (QED) is 0.257. The van der Waals surface area contributed by atoms with Crippen molar-refractivity contribution in [3.63, 3.8) is 0 Å². The number of aryl methyl sites for hydroxylation is 2. The van der Waals surface area contributed by atoms with Gasteiger partial charge in [-0.15, -0.1) is 0 Å². The third kappa shape index (κ3) is 4.61. The number of hydrogen-bond donors (Lipinski definition) is 3. The molecule has 0 saturated heterocycles. The molecule has 1 heterocycles. The van der Waals surface area contributed by atoms with Crippen molar-refractivity contribution in [1.82, 2.24) is 0 Å². The fourth-order valence-electron chi connectivity index (χ4n) is 4.72. The molecule has 0 radical (unpaired) electrons. The third-order valence-corrected chi connectivity index (χ3v) is 6.60. The number of carboxylic acids is 1. The number of aromatic carboxylic acids is 1. The molecular weight excluding hydrogens is 452 g/mol. The van der Waals surface area contributed by atoms with Crippen LogP contribution in [0.25, 0.3) is 33.4 Å². The second-order valence-electron chi connectivity index (χ2n) is 9.58. The fourth-order valence-corrected chi connectivity index (χ4v) is 4.72. The molecule has 1 aliphatic carbocycles. The molecule has 2 aromatic rings. The summed E-state index contributed by atoms with van der Waals surface area (Å²) in [6.07, 6.45) is -0.712. The Morgan fingerprint density at radius 2 is 1.78 bits per heavy atom. The van der Waals surface area contributed by atoms with Crippen molar-refractivity contribution in [3.05, 3.63) is 70.1 Å². The van der Waals surface area contributed by atoms with Gasteiger partial charge >= 0.3 is 5.97 Å². The maximum absolute atomic E-state index is 12.4. The summed E-state index contributed by atoms with van der Waals surface area (Å²) in [4.78, 5) is 17.0. The van der Waals surface area contributed by atoms with Crippen molar-refractivity contribution < 1.29 is 19.4 Å². The molecule has 3 N–H and O–H groups in total. The SMILES string of the molecule is CC/N=c1/cc2oc3cc(NCC)c(C)cc3c(-c3cc(C(O)C(C)C)ccc3C(=O)O)c-2cc1C. The Balaban J connectivity index is 2.19. The third-order valence-electron chi connectivity index (χ3n) is 6.60. The minimum Gasteiger partial charge on any atom is -0.478 e. The summed E-state index contributed by atoms with van der Waals surface area (Å²) >= 11 is 0. The first-order valence-corrected chi connectivity index (χ1v) is 12.5. The van der Waals surface area contributed by atoms with Gasteiger partial charge in [0.2, 0.25) is 0 Å². The highest BCUT2D eigenvalue weighted by Crippen LogP contribution is 2.43. The molecule has 6 heteroatoms. The van der Waals surface area contributed by atoms with Crippen molar-refractivity contribution in [2.45, 2.75) is 47.6 Å². The van der Waals surface area contributed by atoms with Gasteiger partial charge in [-0.2, -0.15) is 0 Å². The first-order chi connectivity index (χ1) is 17.2. The summed E-state index contributed by atoms with van der Waals surface area (Å²) in [5.41, 5.74) is 6.63. The number of anilines is 1. The zero-order chi connectivity index (χ0) is 26.1. The van der Waals surface area contributed by atoms with Gasteiger partial charge in [0.1, 0.15) is 11.3 Å². The van der Waals surface area contributed by atoms with Gasteiger partial charge in [-0.3, -0.25) is 4.99 Å². The molecule has 1 aliphatic heterocycles. The number of carbonyl (C=O) groups is 1. The lowest BCUT2D eigenvalue weighted by molar-refractivity contribution is 0.0697. The Morgan fingerprint density at radius 1 is 1.03 bits per heavy atom. The Labute approximate surface area is 211 Å². The van der Waals surface area contributed by atoms with E-state index in [1.165, 1.54) is 0 Å². The molecular formula is C30H34N2O4. The summed E-state index contributed by atoms with van der Waals surface area (Å²) in [6.45, 7) is 13.3. The Kier molecular flexibility index (Phi) is 7.18. The average molecular weight is 487 g/mol. The number of nitrogens with one attached hydrogen (secondary N) is 1. The van der Waals surface area contributed by atoms with Gasteiger partial charge in [0.05, 0.1) is 17.0 Å². The van der Waals surface area contributed by atoms with E-state index < -0.39 is 12.1 Å². The second kappa shape index (κ2) is 10.2. The lowest BCUT2D eigenvalue weighted by atomic mass is 9.87. The van der Waals surface area contributed by atoms with Crippen LogP contribution in [-0.4, -0.2) is 29.3 Å². The number of carboxylic acid groups (broad SMARTS) is 1. The lowest BCUT2D eigenvalue weighted by Crippen LogP contribution is -2.10. The molecule has 2 aromatic carbocycles. The molecule has 188 valence electrons. The van der Waals surface area contributed by atoms with Crippen LogP contribution in [0.1, 0.15) is 60.8 Å². The van der Waals surface area contributed by atoms with Crippen LogP contribution in [0, 0.1) is 19.8 Å².